The number of amides is 1. The van der Waals surface area contributed by atoms with Crippen LogP contribution in [0.4, 0.5) is 4.79 Å². The molecule has 67 heavy (non-hydrogen) atoms. The first-order valence-electron chi connectivity index (χ1n) is 24.9. The van der Waals surface area contributed by atoms with Gasteiger partial charge in [-0.3, -0.25) is 9.80 Å². The number of nitrogens with zero attached hydrogens (tertiary/aromatic N) is 2. The van der Waals surface area contributed by atoms with Gasteiger partial charge in [-0.25, -0.2) is 4.79 Å². The molecule has 6 aromatic rings. The number of hydrogen-bond donors (Lipinski definition) is 2. The lowest BCUT2D eigenvalue weighted by atomic mass is 9.91. The monoisotopic (exact) mass is 913 g/mol. The Morgan fingerprint density at radius 3 is 1.10 bits per heavy atom. The van der Waals surface area contributed by atoms with Crippen LogP contribution in [-0.4, -0.2) is 59.8 Å². The van der Waals surface area contributed by atoms with E-state index in [0.717, 1.165) is 90.4 Å². The van der Waals surface area contributed by atoms with E-state index in [-0.39, 0.29) is 17.5 Å². The van der Waals surface area contributed by atoms with Crippen molar-refractivity contribution in [2.24, 2.45) is 5.73 Å². The molecule has 0 atom stereocenters. The molecule has 0 bridgehead atoms. The maximum atomic E-state index is 12.1. The van der Waals surface area contributed by atoms with E-state index in [0.29, 0.717) is 18.1 Å². The second-order valence-electron chi connectivity index (χ2n) is 20.2. The number of fused-ring (bicyclic) bond motifs is 6. The summed E-state index contributed by atoms with van der Waals surface area (Å²) in [6.45, 7) is 9.84. The van der Waals surface area contributed by atoms with Crippen molar-refractivity contribution >= 4 is 17.7 Å². The van der Waals surface area contributed by atoms with E-state index in [9.17, 15) is 4.79 Å². The second-order valence-corrected chi connectivity index (χ2v) is 20.6. The Morgan fingerprint density at radius 2 is 0.776 bits per heavy atom. The standard InChI is InChI=1S/C25H32N2O2.C20H24N2.C15H13Cl/c1-25(2,3)29-24(28)26-20-14-16-27(17-15-20)23-21-10-6-4-8-18(21)12-13-19-9-5-7-11-22(19)23;21-17-11-13-22(14-12-17)20-18-7-3-1-5-15(18)9-10-16-6-2-4-8-19(16)20;16-15-13-7-3-1-5-11(13)9-10-12-6-2-4-8-14(12)15/h4-11,20,23H,12-17H2,1-3H3,(H,26,28);1-8,17,20H,9-14,21H2;1-8,15H,9-10H2. The van der Waals surface area contributed by atoms with E-state index in [1.165, 1.54) is 66.8 Å². The number of ether oxygens (including phenoxy) is 1. The number of nitrogens with two attached hydrogens (primary N) is 1. The van der Waals surface area contributed by atoms with E-state index in [4.69, 9.17) is 22.1 Å². The van der Waals surface area contributed by atoms with Crippen molar-refractivity contribution in [2.75, 3.05) is 26.2 Å². The fourth-order valence-corrected chi connectivity index (χ4v) is 11.6. The molecule has 6 aromatic carbocycles. The quantitative estimate of drug-likeness (QED) is 0.173. The Kier molecular flexibility index (Phi) is 14.9. The summed E-state index contributed by atoms with van der Waals surface area (Å²) in [5, 5.41) is 3.07. The van der Waals surface area contributed by atoms with Crippen LogP contribution in [0.15, 0.2) is 146 Å². The second kappa shape index (κ2) is 21.4. The highest BCUT2D eigenvalue weighted by molar-refractivity contribution is 6.22. The molecule has 11 rings (SSSR count). The fourth-order valence-electron chi connectivity index (χ4n) is 11.2. The van der Waals surface area contributed by atoms with Crippen LogP contribution in [0.1, 0.15) is 131 Å². The van der Waals surface area contributed by atoms with Gasteiger partial charge in [-0.15, -0.1) is 11.6 Å². The number of benzene rings is 6. The van der Waals surface area contributed by atoms with Gasteiger partial charge in [-0.2, -0.15) is 0 Å². The van der Waals surface area contributed by atoms with Gasteiger partial charge in [0.25, 0.3) is 0 Å². The van der Waals surface area contributed by atoms with Crippen LogP contribution >= 0.6 is 11.6 Å². The summed E-state index contributed by atoms with van der Waals surface area (Å²) >= 11 is 6.58. The number of carbonyl (C=O) groups excluding carboxylic acids is 1. The Morgan fingerprint density at radius 1 is 0.493 bits per heavy atom. The van der Waals surface area contributed by atoms with Gasteiger partial charge in [-0.05, 0) is 152 Å². The molecule has 7 heteroatoms. The molecule has 0 radical (unpaired) electrons. The molecule has 0 saturated carbocycles. The topological polar surface area (TPSA) is 70.8 Å². The molecule has 2 fully saturated rings. The first kappa shape index (κ1) is 46.9. The average Bonchev–Trinajstić information content (AvgIpc) is 3.69. The van der Waals surface area contributed by atoms with E-state index in [1.54, 1.807) is 0 Å². The number of halogens is 1. The molecule has 2 aliphatic heterocycles. The van der Waals surface area contributed by atoms with Gasteiger partial charge < -0.3 is 15.8 Å². The van der Waals surface area contributed by atoms with Gasteiger partial charge in [0.1, 0.15) is 5.60 Å². The Labute approximate surface area is 404 Å². The van der Waals surface area contributed by atoms with Crippen LogP contribution in [-0.2, 0) is 43.3 Å². The number of alkyl carbamates (subject to hydrolysis) is 1. The Balaban J connectivity index is 0.000000131. The largest absolute Gasteiger partial charge is 0.444 e. The number of piperidine rings is 2. The predicted molar refractivity (Wildman–Crippen MR) is 275 cm³/mol. The van der Waals surface area contributed by atoms with Gasteiger partial charge in [0, 0.05) is 38.3 Å². The van der Waals surface area contributed by atoms with E-state index >= 15 is 0 Å². The van der Waals surface area contributed by atoms with Crippen molar-refractivity contribution < 1.29 is 9.53 Å². The summed E-state index contributed by atoms with van der Waals surface area (Å²) in [5.74, 6) is 0. The first-order valence-corrected chi connectivity index (χ1v) is 25.4. The maximum Gasteiger partial charge on any atom is 0.407 e. The molecular formula is C60H69ClN4O2. The number of likely N-dealkylation sites (tertiary alicyclic amines) is 2. The molecule has 2 heterocycles. The highest BCUT2D eigenvalue weighted by atomic mass is 35.5. The molecule has 2 saturated heterocycles. The van der Waals surface area contributed by atoms with Gasteiger partial charge in [0.05, 0.1) is 17.5 Å². The van der Waals surface area contributed by atoms with Crippen molar-refractivity contribution in [3.8, 4) is 0 Å². The third-order valence-corrected chi connectivity index (χ3v) is 15.1. The minimum absolute atomic E-state index is 0.00917. The van der Waals surface area contributed by atoms with Gasteiger partial charge in [-0.1, -0.05) is 146 Å². The molecular weight excluding hydrogens is 844 g/mol. The number of aryl methyl sites for hydroxylation is 6. The summed E-state index contributed by atoms with van der Waals surface area (Å²) in [7, 11) is 0. The highest BCUT2D eigenvalue weighted by Crippen LogP contribution is 2.40. The summed E-state index contributed by atoms with van der Waals surface area (Å²) in [4.78, 5) is 17.4. The van der Waals surface area contributed by atoms with Crippen molar-refractivity contribution in [3.63, 3.8) is 0 Å². The van der Waals surface area contributed by atoms with Gasteiger partial charge in [0.15, 0.2) is 0 Å². The third kappa shape index (κ3) is 11.2. The van der Waals surface area contributed by atoms with Crippen LogP contribution in [0.5, 0.6) is 0 Å². The van der Waals surface area contributed by atoms with E-state index in [1.807, 2.05) is 20.8 Å². The van der Waals surface area contributed by atoms with Gasteiger partial charge in [0.2, 0.25) is 0 Å². The predicted octanol–water partition coefficient (Wildman–Crippen LogP) is 12.3. The zero-order valence-corrected chi connectivity index (χ0v) is 40.6. The third-order valence-electron chi connectivity index (χ3n) is 14.6. The number of nitrogens with one attached hydrogen (secondary N) is 1. The van der Waals surface area contributed by atoms with Crippen LogP contribution in [0.3, 0.4) is 0 Å². The molecule has 1 amide bonds. The van der Waals surface area contributed by atoms with Crippen molar-refractivity contribution in [1.29, 1.82) is 0 Å². The lowest BCUT2D eigenvalue weighted by Crippen LogP contribution is -2.47. The zero-order valence-electron chi connectivity index (χ0n) is 39.8. The number of alkyl halides is 1. The molecule has 3 aliphatic carbocycles. The summed E-state index contributed by atoms with van der Waals surface area (Å²) < 4.78 is 5.43. The van der Waals surface area contributed by atoms with Crippen molar-refractivity contribution in [1.82, 2.24) is 15.1 Å². The minimum atomic E-state index is -0.460. The van der Waals surface area contributed by atoms with Crippen molar-refractivity contribution in [3.05, 3.63) is 212 Å². The maximum absolute atomic E-state index is 12.1. The SMILES string of the molecule is CC(C)(C)OC(=O)NC1CCN(C2c3ccccc3CCc3ccccc32)CC1.ClC1c2ccccc2CCc2ccccc21.NC1CCN(C2c3ccccc3CCc3ccccc32)CC1. The number of carbonyl (C=O) groups is 1. The summed E-state index contributed by atoms with van der Waals surface area (Å²) in [6.07, 6.45) is 10.5. The lowest BCUT2D eigenvalue weighted by Gasteiger charge is -2.39. The fraction of sp³-hybridized carbons (Fsp3) is 0.383. The van der Waals surface area contributed by atoms with Crippen molar-refractivity contribution in [2.45, 2.75) is 120 Å². The number of hydrogen-bond acceptors (Lipinski definition) is 5. The molecule has 0 aromatic heterocycles. The van der Waals surface area contributed by atoms with Crippen LogP contribution in [0, 0.1) is 0 Å². The molecule has 3 N–H and O–H groups in total. The number of rotatable bonds is 3. The lowest BCUT2D eigenvalue weighted by molar-refractivity contribution is 0.0472. The molecule has 6 nitrogen and oxygen atoms in total. The smallest absolute Gasteiger partial charge is 0.407 e. The molecule has 5 aliphatic rings. The summed E-state index contributed by atoms with van der Waals surface area (Å²) in [5.41, 5.74) is 22.8. The van der Waals surface area contributed by atoms with E-state index < -0.39 is 5.60 Å². The van der Waals surface area contributed by atoms with E-state index in [2.05, 4.69) is 161 Å². The zero-order chi connectivity index (χ0) is 46.3. The van der Waals surface area contributed by atoms with Crippen LogP contribution in [0.25, 0.3) is 0 Å². The normalized spacial score (nSPS) is 18.2. The highest BCUT2D eigenvalue weighted by Gasteiger charge is 2.33. The minimum Gasteiger partial charge on any atom is -0.444 e. The summed E-state index contributed by atoms with van der Waals surface area (Å²) in [6, 6.07) is 54.1. The average molecular weight is 914 g/mol. The molecule has 348 valence electrons. The Hall–Kier alpha value is -5.24. The van der Waals surface area contributed by atoms with Gasteiger partial charge >= 0.3 is 6.09 Å². The molecule has 0 spiro atoms. The van der Waals surface area contributed by atoms with Crippen LogP contribution < -0.4 is 11.1 Å². The molecule has 0 unspecified atom stereocenters. The van der Waals surface area contributed by atoms with Crippen LogP contribution in [0.2, 0.25) is 0 Å². The first-order chi connectivity index (χ1) is 32.6. The Bertz CT molecular complexity index is 2460.